The fraction of sp³-hybridized carbons (Fsp3) is 0.533. The Morgan fingerprint density at radius 1 is 1.40 bits per heavy atom. The summed E-state index contributed by atoms with van der Waals surface area (Å²) in [5, 5.41) is 15.0. The van der Waals surface area contributed by atoms with Crippen LogP contribution in [0.3, 0.4) is 0 Å². The van der Waals surface area contributed by atoms with E-state index in [-0.39, 0.29) is 19.2 Å². The van der Waals surface area contributed by atoms with Crippen molar-refractivity contribution in [2.45, 2.75) is 25.9 Å². The van der Waals surface area contributed by atoms with Crippen molar-refractivity contribution in [3.63, 3.8) is 0 Å². The summed E-state index contributed by atoms with van der Waals surface area (Å²) in [7, 11) is 0. The van der Waals surface area contributed by atoms with Crippen LogP contribution in [0.25, 0.3) is 0 Å². The number of benzene rings is 1. The highest BCUT2D eigenvalue weighted by molar-refractivity contribution is 5.89. The largest absolute Gasteiger partial charge is 0.389 e. The number of aryl methyl sites for hydroxylation is 1. The van der Waals surface area contributed by atoms with Crippen molar-refractivity contribution < 1.29 is 14.6 Å². The Kier molecular flexibility index (Phi) is 5.38. The summed E-state index contributed by atoms with van der Waals surface area (Å²) >= 11 is 0. The van der Waals surface area contributed by atoms with Crippen molar-refractivity contribution in [2.24, 2.45) is 5.92 Å². The third-order valence-corrected chi connectivity index (χ3v) is 3.17. The molecule has 0 saturated heterocycles. The van der Waals surface area contributed by atoms with E-state index >= 15 is 0 Å². The number of aliphatic hydroxyl groups is 1. The van der Waals surface area contributed by atoms with Crippen LogP contribution in [0.5, 0.6) is 0 Å². The van der Waals surface area contributed by atoms with E-state index in [4.69, 9.17) is 4.74 Å². The molecule has 0 aliphatic heterocycles. The smallest absolute Gasteiger partial charge is 0.319 e. The minimum absolute atomic E-state index is 0.183. The molecule has 1 unspecified atom stereocenters. The molecule has 2 amide bonds. The third-order valence-electron chi connectivity index (χ3n) is 3.17. The number of rotatable bonds is 7. The van der Waals surface area contributed by atoms with Gasteiger partial charge in [-0.2, -0.15) is 0 Å². The standard InChI is InChI=1S/C15H22N2O3/c1-11-2-6-13(7-3-11)17-15(19)16-8-14(18)10-20-9-12-4-5-12/h2-3,6-7,12,14,18H,4-5,8-10H2,1H3,(H2,16,17,19). The van der Waals surface area contributed by atoms with E-state index in [1.54, 1.807) is 0 Å². The summed E-state index contributed by atoms with van der Waals surface area (Å²) in [6.45, 7) is 3.15. The Morgan fingerprint density at radius 3 is 2.75 bits per heavy atom. The van der Waals surface area contributed by atoms with Crippen LogP contribution >= 0.6 is 0 Å². The molecule has 0 radical (unpaired) electrons. The molecule has 1 fully saturated rings. The highest BCUT2D eigenvalue weighted by Gasteiger charge is 2.21. The monoisotopic (exact) mass is 278 g/mol. The molecule has 0 spiro atoms. The van der Waals surface area contributed by atoms with E-state index in [1.807, 2.05) is 31.2 Å². The molecule has 5 nitrogen and oxygen atoms in total. The Balaban J connectivity index is 1.59. The molecule has 110 valence electrons. The molecule has 5 heteroatoms. The van der Waals surface area contributed by atoms with Crippen LogP contribution in [0.2, 0.25) is 0 Å². The predicted molar refractivity (Wildman–Crippen MR) is 77.8 cm³/mol. The second-order valence-electron chi connectivity index (χ2n) is 5.34. The van der Waals surface area contributed by atoms with Gasteiger partial charge in [-0.1, -0.05) is 17.7 Å². The van der Waals surface area contributed by atoms with Gasteiger partial charge < -0.3 is 20.5 Å². The third kappa shape index (κ3) is 5.59. The fourth-order valence-corrected chi connectivity index (χ4v) is 1.74. The number of amides is 2. The molecule has 3 N–H and O–H groups in total. The summed E-state index contributed by atoms with van der Waals surface area (Å²) in [4.78, 5) is 11.6. The molecular formula is C15H22N2O3. The van der Waals surface area contributed by atoms with Crippen molar-refractivity contribution in [2.75, 3.05) is 25.1 Å². The van der Waals surface area contributed by atoms with Crippen LogP contribution in [-0.4, -0.2) is 37.0 Å². The first-order chi connectivity index (χ1) is 9.63. The summed E-state index contributed by atoms with van der Waals surface area (Å²) < 4.78 is 5.36. The lowest BCUT2D eigenvalue weighted by molar-refractivity contribution is 0.0339. The number of nitrogens with one attached hydrogen (secondary N) is 2. The molecule has 1 saturated carbocycles. The zero-order valence-electron chi connectivity index (χ0n) is 11.8. The van der Waals surface area contributed by atoms with E-state index in [9.17, 15) is 9.90 Å². The van der Waals surface area contributed by atoms with Gasteiger partial charge in [0.1, 0.15) is 0 Å². The average molecular weight is 278 g/mol. The molecule has 20 heavy (non-hydrogen) atoms. The van der Waals surface area contributed by atoms with Crippen molar-refractivity contribution in [3.05, 3.63) is 29.8 Å². The van der Waals surface area contributed by atoms with Gasteiger partial charge in [0.2, 0.25) is 0 Å². The second-order valence-corrected chi connectivity index (χ2v) is 5.34. The Labute approximate surface area is 119 Å². The molecule has 1 aromatic rings. The van der Waals surface area contributed by atoms with Gasteiger partial charge in [-0.05, 0) is 37.8 Å². The number of carbonyl (C=O) groups excluding carboxylic acids is 1. The van der Waals surface area contributed by atoms with Crippen LogP contribution in [0.1, 0.15) is 18.4 Å². The Bertz CT molecular complexity index is 429. The number of carbonyl (C=O) groups is 1. The van der Waals surface area contributed by atoms with Crippen molar-refractivity contribution >= 4 is 11.7 Å². The maximum atomic E-state index is 11.6. The van der Waals surface area contributed by atoms with Gasteiger partial charge in [0.05, 0.1) is 12.7 Å². The van der Waals surface area contributed by atoms with Crippen LogP contribution < -0.4 is 10.6 Å². The zero-order chi connectivity index (χ0) is 14.4. The van der Waals surface area contributed by atoms with Gasteiger partial charge >= 0.3 is 6.03 Å². The quantitative estimate of drug-likeness (QED) is 0.713. The lowest BCUT2D eigenvalue weighted by atomic mass is 10.2. The van der Waals surface area contributed by atoms with E-state index in [2.05, 4.69) is 10.6 Å². The lowest BCUT2D eigenvalue weighted by Gasteiger charge is -2.13. The van der Waals surface area contributed by atoms with Crippen molar-refractivity contribution in [3.8, 4) is 0 Å². The topological polar surface area (TPSA) is 70.6 Å². The van der Waals surface area contributed by atoms with Gasteiger partial charge in [-0.15, -0.1) is 0 Å². The zero-order valence-corrected chi connectivity index (χ0v) is 11.8. The Morgan fingerprint density at radius 2 is 2.10 bits per heavy atom. The Hall–Kier alpha value is -1.59. The van der Waals surface area contributed by atoms with Crippen LogP contribution in [-0.2, 0) is 4.74 Å². The highest BCUT2D eigenvalue weighted by atomic mass is 16.5. The normalized spacial score (nSPS) is 15.7. The molecule has 1 aliphatic rings. The molecule has 0 bridgehead atoms. The highest BCUT2D eigenvalue weighted by Crippen LogP contribution is 2.28. The first kappa shape index (κ1) is 14.8. The number of hydrogen-bond acceptors (Lipinski definition) is 3. The van der Waals surface area contributed by atoms with Crippen molar-refractivity contribution in [1.29, 1.82) is 0 Å². The molecule has 0 heterocycles. The molecule has 1 atom stereocenters. The van der Waals surface area contributed by atoms with E-state index in [0.29, 0.717) is 12.5 Å². The summed E-state index contributed by atoms with van der Waals surface area (Å²) in [5.41, 5.74) is 1.87. The van der Waals surface area contributed by atoms with Gasteiger partial charge in [0, 0.05) is 18.8 Å². The van der Waals surface area contributed by atoms with Gasteiger partial charge in [0.15, 0.2) is 0 Å². The molecule has 1 aromatic carbocycles. The maximum Gasteiger partial charge on any atom is 0.319 e. The van der Waals surface area contributed by atoms with E-state index < -0.39 is 6.10 Å². The molecule has 0 aromatic heterocycles. The molecular weight excluding hydrogens is 256 g/mol. The fourth-order valence-electron chi connectivity index (χ4n) is 1.74. The first-order valence-corrected chi connectivity index (χ1v) is 7.01. The number of anilines is 1. The number of ether oxygens (including phenoxy) is 1. The minimum Gasteiger partial charge on any atom is -0.389 e. The SMILES string of the molecule is Cc1ccc(NC(=O)NCC(O)COCC2CC2)cc1. The number of urea groups is 1. The van der Waals surface area contributed by atoms with Gasteiger partial charge in [-0.25, -0.2) is 4.79 Å². The van der Waals surface area contributed by atoms with E-state index in [0.717, 1.165) is 11.3 Å². The first-order valence-electron chi connectivity index (χ1n) is 7.01. The maximum absolute atomic E-state index is 11.6. The number of hydrogen-bond donors (Lipinski definition) is 3. The number of aliphatic hydroxyl groups excluding tert-OH is 1. The molecule has 2 rings (SSSR count). The summed E-state index contributed by atoms with van der Waals surface area (Å²) in [6, 6.07) is 7.20. The van der Waals surface area contributed by atoms with Crippen LogP contribution in [0.4, 0.5) is 10.5 Å². The summed E-state index contributed by atoms with van der Waals surface area (Å²) in [5.74, 6) is 0.681. The van der Waals surface area contributed by atoms with Gasteiger partial charge in [-0.3, -0.25) is 0 Å². The molecule has 1 aliphatic carbocycles. The average Bonchev–Trinajstić information content (AvgIpc) is 3.23. The predicted octanol–water partition coefficient (Wildman–Crippen LogP) is 1.90. The van der Waals surface area contributed by atoms with Crippen molar-refractivity contribution in [1.82, 2.24) is 5.32 Å². The van der Waals surface area contributed by atoms with Gasteiger partial charge in [0.25, 0.3) is 0 Å². The van der Waals surface area contributed by atoms with Crippen LogP contribution in [0, 0.1) is 12.8 Å². The van der Waals surface area contributed by atoms with Crippen LogP contribution in [0.15, 0.2) is 24.3 Å². The van der Waals surface area contributed by atoms with E-state index in [1.165, 1.54) is 12.8 Å². The lowest BCUT2D eigenvalue weighted by Crippen LogP contribution is -2.37. The second kappa shape index (κ2) is 7.26. The summed E-state index contributed by atoms with van der Waals surface area (Å²) in [6.07, 6.45) is 1.79. The minimum atomic E-state index is -0.669.